The third kappa shape index (κ3) is 22.3. The van der Waals surface area contributed by atoms with E-state index in [4.69, 9.17) is 21.4 Å². The SMILES string of the molecule is C=NC(C)C.CCNCCCOCCCCCNC(=O)C1CCCCC1.CN(Cc1cc(NC=O)ccc1C=O)C1CCC(=O)NC1=O.Oc1cccc(Cl)c1F. The molecule has 2 aromatic rings. The third-order valence-electron chi connectivity index (χ3n) is 9.09. The Morgan fingerprint density at radius 1 is 1.07 bits per heavy atom. The van der Waals surface area contributed by atoms with Gasteiger partial charge in [-0.2, -0.15) is 0 Å². The second kappa shape index (κ2) is 30.8. The molecule has 1 aliphatic heterocycles. The van der Waals surface area contributed by atoms with Gasteiger partial charge in [-0.3, -0.25) is 39.2 Å². The van der Waals surface area contributed by atoms with Crippen LogP contribution >= 0.6 is 11.6 Å². The molecule has 0 bridgehead atoms. The molecule has 1 saturated heterocycles. The Morgan fingerprint density at radius 3 is 2.37 bits per heavy atom. The van der Waals surface area contributed by atoms with E-state index in [1.807, 2.05) is 13.8 Å². The summed E-state index contributed by atoms with van der Waals surface area (Å²) in [5.41, 5.74) is 1.77. The molecule has 4 amide bonds. The van der Waals surface area contributed by atoms with Crippen molar-refractivity contribution in [2.45, 2.75) is 110 Å². The highest BCUT2D eigenvalue weighted by atomic mass is 35.5. The van der Waals surface area contributed by atoms with Crippen LogP contribution in [0, 0.1) is 11.7 Å². The minimum absolute atomic E-state index is 0.0602. The summed E-state index contributed by atoms with van der Waals surface area (Å²) in [7, 11) is 1.76. The van der Waals surface area contributed by atoms with Gasteiger partial charge in [0.2, 0.25) is 24.1 Å². The van der Waals surface area contributed by atoms with Crippen LogP contribution in [0.2, 0.25) is 5.02 Å². The monoisotopic (exact) mass is 818 g/mol. The standard InChI is InChI=1S/C17H34N2O2.C15H17N3O4.C6H4ClFO.C4H9N/c1-2-18-12-9-15-21-14-8-4-7-13-19-17(20)16-10-5-3-6-11-16;1-18(13-4-5-14(21)17-15(13)22)7-11-6-12(16-9-20)3-2-10(11)8-19;7-4-2-1-3-5(9)6(4)8;1-4(2)5-3/h16,18H,2-15H2,1H3,(H,19,20);2-3,6,8-9,13H,4-5,7H2,1H3,(H,16,20)(H,17,21,22);1-3,9H;4H,3H2,1-2H3. The smallest absolute Gasteiger partial charge is 0.243 e. The highest BCUT2D eigenvalue weighted by molar-refractivity contribution is 6.30. The summed E-state index contributed by atoms with van der Waals surface area (Å²) in [5.74, 6) is -1.19. The number of nitrogens with zero attached hydrogens (tertiary/aromatic N) is 2. The number of unbranched alkanes of at least 4 members (excludes halogenated alkanes) is 2. The van der Waals surface area contributed by atoms with E-state index in [9.17, 15) is 28.4 Å². The lowest BCUT2D eigenvalue weighted by Gasteiger charge is -2.30. The number of benzene rings is 2. The number of aliphatic imine (C=N–C) groups is 1. The number of hydrogen-bond acceptors (Lipinski definition) is 10. The van der Waals surface area contributed by atoms with Gasteiger partial charge in [-0.05, 0) is 122 Å². The first-order chi connectivity index (χ1) is 27.4. The van der Waals surface area contributed by atoms with Gasteiger partial charge in [-0.25, -0.2) is 4.39 Å². The Labute approximate surface area is 342 Å². The minimum atomic E-state index is -0.765. The summed E-state index contributed by atoms with van der Waals surface area (Å²) < 4.78 is 17.9. The molecule has 1 atom stereocenters. The van der Waals surface area contributed by atoms with E-state index in [-0.39, 0.29) is 22.7 Å². The van der Waals surface area contributed by atoms with Gasteiger partial charge < -0.3 is 25.8 Å². The van der Waals surface area contributed by atoms with Gasteiger partial charge in [0.1, 0.15) is 6.29 Å². The summed E-state index contributed by atoms with van der Waals surface area (Å²) in [4.78, 5) is 62.0. The highest BCUT2D eigenvalue weighted by Crippen LogP contribution is 2.24. The van der Waals surface area contributed by atoms with Gasteiger partial charge in [0.05, 0.1) is 11.1 Å². The molecule has 0 spiro atoms. The van der Waals surface area contributed by atoms with E-state index in [2.05, 4.69) is 39.9 Å². The number of amides is 4. The number of ether oxygens (including phenoxy) is 1. The first-order valence-electron chi connectivity index (χ1n) is 19.8. The fraction of sp³-hybridized carbons (Fsp3) is 0.571. The molecule has 15 heteroatoms. The molecule has 4 rings (SSSR count). The van der Waals surface area contributed by atoms with Gasteiger partial charge in [0.15, 0.2) is 11.6 Å². The van der Waals surface area contributed by atoms with Crippen molar-refractivity contribution < 1.29 is 38.2 Å². The fourth-order valence-corrected chi connectivity index (χ4v) is 5.96. The molecule has 1 aliphatic carbocycles. The molecule has 0 radical (unpaired) electrons. The quantitative estimate of drug-likeness (QED) is 0.0461. The van der Waals surface area contributed by atoms with Crippen LogP contribution in [-0.2, 0) is 30.5 Å². The zero-order chi connectivity index (χ0) is 42.4. The number of anilines is 1. The number of carbonyl (C=O) groups is 5. The molecule has 2 fully saturated rings. The number of likely N-dealkylation sites (N-methyl/N-ethyl adjacent to an activating group) is 1. The summed E-state index contributed by atoms with van der Waals surface area (Å²) in [6.07, 6.45) is 12.4. The first kappa shape index (κ1) is 50.8. The zero-order valence-corrected chi connectivity index (χ0v) is 34.9. The van der Waals surface area contributed by atoms with E-state index < -0.39 is 17.6 Å². The van der Waals surface area contributed by atoms with Crippen molar-refractivity contribution in [2.75, 3.05) is 45.2 Å². The average Bonchev–Trinajstić information content (AvgIpc) is 3.20. The van der Waals surface area contributed by atoms with Gasteiger partial charge in [-0.1, -0.05) is 43.9 Å². The maximum absolute atomic E-state index is 12.3. The van der Waals surface area contributed by atoms with Crippen LogP contribution in [0.1, 0.15) is 107 Å². The van der Waals surface area contributed by atoms with Gasteiger partial charge >= 0.3 is 0 Å². The summed E-state index contributed by atoms with van der Waals surface area (Å²) in [6.45, 7) is 14.4. The second-order valence-corrected chi connectivity index (χ2v) is 14.4. The van der Waals surface area contributed by atoms with Crippen LogP contribution in [0.3, 0.4) is 0 Å². The first-order valence-corrected chi connectivity index (χ1v) is 20.2. The van der Waals surface area contributed by atoms with Crippen molar-refractivity contribution >= 4 is 54.4 Å². The largest absolute Gasteiger partial charge is 0.505 e. The average molecular weight is 819 g/mol. The molecule has 1 unspecified atom stereocenters. The fourth-order valence-electron chi connectivity index (χ4n) is 5.79. The van der Waals surface area contributed by atoms with E-state index in [0.717, 1.165) is 77.7 Å². The van der Waals surface area contributed by atoms with Crippen molar-refractivity contribution in [3.63, 3.8) is 0 Å². The Kier molecular flexibility index (Phi) is 27.5. The number of imide groups is 1. The normalized spacial score (nSPS) is 15.1. The van der Waals surface area contributed by atoms with E-state index in [0.29, 0.717) is 54.6 Å². The lowest BCUT2D eigenvalue weighted by molar-refractivity contribution is -0.137. The van der Waals surface area contributed by atoms with Crippen LogP contribution in [0.4, 0.5) is 10.1 Å². The Bertz CT molecular complexity index is 1490. The van der Waals surface area contributed by atoms with Crippen molar-refractivity contribution in [3.05, 3.63) is 58.4 Å². The van der Waals surface area contributed by atoms with Crippen LogP contribution in [-0.4, -0.2) is 99.1 Å². The van der Waals surface area contributed by atoms with E-state index in [1.54, 1.807) is 30.1 Å². The number of aldehydes is 1. The summed E-state index contributed by atoms with van der Waals surface area (Å²) in [5, 5.41) is 19.8. The Balaban J connectivity index is 0.000000429. The van der Waals surface area contributed by atoms with Crippen LogP contribution in [0.25, 0.3) is 0 Å². The maximum Gasteiger partial charge on any atom is 0.243 e. The summed E-state index contributed by atoms with van der Waals surface area (Å²) >= 11 is 5.28. The Hall–Kier alpha value is -4.24. The van der Waals surface area contributed by atoms with Gasteiger partial charge in [0, 0.05) is 55.9 Å². The number of phenolic OH excluding ortho intramolecular Hbond substituents is 1. The lowest BCUT2D eigenvalue weighted by atomic mass is 9.89. The molecule has 57 heavy (non-hydrogen) atoms. The van der Waals surface area contributed by atoms with E-state index >= 15 is 0 Å². The minimum Gasteiger partial charge on any atom is -0.505 e. The number of aromatic hydroxyl groups is 1. The number of piperidine rings is 1. The van der Waals surface area contributed by atoms with Crippen LogP contribution < -0.4 is 21.3 Å². The number of carbonyl (C=O) groups excluding carboxylic acids is 5. The zero-order valence-electron chi connectivity index (χ0n) is 34.1. The molecule has 1 heterocycles. The van der Waals surface area contributed by atoms with Crippen LogP contribution in [0.5, 0.6) is 5.75 Å². The second-order valence-electron chi connectivity index (χ2n) is 14.0. The number of rotatable bonds is 19. The molecule has 1 saturated carbocycles. The van der Waals surface area contributed by atoms with Gasteiger partial charge in [0.25, 0.3) is 0 Å². The molecule has 2 aromatic carbocycles. The molecule has 0 aromatic heterocycles. The highest BCUT2D eigenvalue weighted by Gasteiger charge is 2.30. The van der Waals surface area contributed by atoms with Crippen LogP contribution in [0.15, 0.2) is 41.4 Å². The van der Waals surface area contributed by atoms with Crippen molar-refractivity contribution in [1.29, 1.82) is 0 Å². The lowest BCUT2D eigenvalue weighted by Crippen LogP contribution is -2.51. The molecule has 5 N–H and O–H groups in total. The molecular formula is C42H64ClFN6O7. The Morgan fingerprint density at radius 2 is 1.77 bits per heavy atom. The molecular weight excluding hydrogens is 755 g/mol. The number of hydrogen-bond donors (Lipinski definition) is 5. The van der Waals surface area contributed by atoms with Crippen molar-refractivity contribution in [1.82, 2.24) is 20.9 Å². The predicted molar refractivity (Wildman–Crippen MR) is 224 cm³/mol. The predicted octanol–water partition coefficient (Wildman–Crippen LogP) is 6.45. The molecule has 13 nitrogen and oxygen atoms in total. The number of nitrogens with one attached hydrogen (secondary N) is 4. The molecule has 2 aliphatic rings. The molecule has 318 valence electrons. The number of halogens is 2. The van der Waals surface area contributed by atoms with Gasteiger partial charge in [-0.15, -0.1) is 0 Å². The van der Waals surface area contributed by atoms with Crippen molar-refractivity contribution in [2.24, 2.45) is 10.9 Å². The van der Waals surface area contributed by atoms with Crippen molar-refractivity contribution in [3.8, 4) is 5.75 Å². The summed E-state index contributed by atoms with van der Waals surface area (Å²) in [6, 6.07) is 9.01. The third-order valence-corrected chi connectivity index (χ3v) is 9.38. The van der Waals surface area contributed by atoms with E-state index in [1.165, 1.54) is 37.5 Å². The maximum atomic E-state index is 12.3. The number of phenols is 1. The topological polar surface area (TPSA) is 179 Å².